The standard InChI is InChI=1S/C18H24N4OS/c1-21(13-8-10-24-12-13)11-17(23)22-9-4-7-16(22)18-19-14-5-2-3-6-15(14)20-18/h2-3,5-6,13,16H,4,7-12H2,1H3,(H,19,20)/t13-,16-/m0/s1. The number of aromatic nitrogens is 2. The molecule has 2 fully saturated rings. The molecule has 0 saturated carbocycles. The summed E-state index contributed by atoms with van der Waals surface area (Å²) in [7, 11) is 2.08. The van der Waals surface area contributed by atoms with Crippen LogP contribution in [0.2, 0.25) is 0 Å². The van der Waals surface area contributed by atoms with E-state index in [1.165, 1.54) is 12.2 Å². The summed E-state index contributed by atoms with van der Waals surface area (Å²) in [5.74, 6) is 3.53. The van der Waals surface area contributed by atoms with E-state index in [2.05, 4.69) is 16.9 Å². The first-order valence-corrected chi connectivity index (χ1v) is 9.90. The van der Waals surface area contributed by atoms with Crippen LogP contribution in [0.25, 0.3) is 11.0 Å². The number of para-hydroxylation sites is 2. The summed E-state index contributed by atoms with van der Waals surface area (Å²) >= 11 is 1.99. The Labute approximate surface area is 146 Å². The highest BCUT2D eigenvalue weighted by molar-refractivity contribution is 7.99. The molecule has 1 aromatic heterocycles. The maximum Gasteiger partial charge on any atom is 0.237 e. The van der Waals surface area contributed by atoms with Crippen molar-refractivity contribution in [2.45, 2.75) is 31.3 Å². The van der Waals surface area contributed by atoms with Crippen molar-refractivity contribution in [3.8, 4) is 0 Å². The van der Waals surface area contributed by atoms with Crippen molar-refractivity contribution >= 4 is 28.7 Å². The van der Waals surface area contributed by atoms with Gasteiger partial charge in [0.2, 0.25) is 5.91 Å². The minimum absolute atomic E-state index is 0.0938. The van der Waals surface area contributed by atoms with Crippen LogP contribution in [0, 0.1) is 0 Å². The molecule has 4 rings (SSSR count). The number of aromatic amines is 1. The number of imidazole rings is 1. The first kappa shape index (κ1) is 16.0. The molecule has 2 atom stereocenters. The Hall–Kier alpha value is -1.53. The van der Waals surface area contributed by atoms with Crippen molar-refractivity contribution < 1.29 is 4.79 Å². The number of nitrogens with zero attached hydrogens (tertiary/aromatic N) is 3. The molecule has 128 valence electrons. The number of nitrogens with one attached hydrogen (secondary N) is 1. The lowest BCUT2D eigenvalue weighted by Crippen LogP contribution is -2.42. The highest BCUT2D eigenvalue weighted by Gasteiger charge is 2.33. The van der Waals surface area contributed by atoms with Crippen LogP contribution >= 0.6 is 11.8 Å². The fraction of sp³-hybridized carbons (Fsp3) is 0.556. The Morgan fingerprint density at radius 3 is 3.08 bits per heavy atom. The average molecular weight is 344 g/mol. The van der Waals surface area contributed by atoms with Crippen molar-refractivity contribution in [1.82, 2.24) is 19.8 Å². The van der Waals surface area contributed by atoms with Gasteiger partial charge in [-0.3, -0.25) is 9.69 Å². The van der Waals surface area contributed by atoms with Gasteiger partial charge in [-0.25, -0.2) is 4.98 Å². The topological polar surface area (TPSA) is 52.2 Å². The number of likely N-dealkylation sites (N-methyl/N-ethyl adjacent to an activating group) is 1. The largest absolute Gasteiger partial charge is 0.340 e. The van der Waals surface area contributed by atoms with Gasteiger partial charge in [0, 0.05) is 18.3 Å². The van der Waals surface area contributed by atoms with E-state index in [-0.39, 0.29) is 11.9 Å². The summed E-state index contributed by atoms with van der Waals surface area (Å²) in [5.41, 5.74) is 2.03. The number of fused-ring (bicyclic) bond motifs is 1. The molecule has 1 N–H and O–H groups in total. The third kappa shape index (κ3) is 3.05. The number of benzene rings is 1. The third-order valence-electron chi connectivity index (χ3n) is 5.21. The number of amides is 1. The number of likely N-dealkylation sites (tertiary alicyclic amines) is 1. The molecule has 2 saturated heterocycles. The maximum atomic E-state index is 12.8. The maximum absolute atomic E-state index is 12.8. The average Bonchev–Trinajstić information content (AvgIpc) is 3.32. The van der Waals surface area contributed by atoms with Gasteiger partial charge in [0.15, 0.2) is 0 Å². The molecular formula is C18H24N4OS. The highest BCUT2D eigenvalue weighted by Crippen LogP contribution is 2.31. The van der Waals surface area contributed by atoms with Gasteiger partial charge in [0.25, 0.3) is 0 Å². The van der Waals surface area contributed by atoms with Crippen LogP contribution in [-0.2, 0) is 4.79 Å². The summed E-state index contributed by atoms with van der Waals surface area (Å²) < 4.78 is 0. The molecule has 2 aliphatic rings. The Kier molecular flexibility index (Phi) is 4.50. The van der Waals surface area contributed by atoms with Gasteiger partial charge in [-0.15, -0.1) is 0 Å². The number of hydrogen-bond acceptors (Lipinski definition) is 4. The lowest BCUT2D eigenvalue weighted by atomic mass is 10.2. The van der Waals surface area contributed by atoms with E-state index in [4.69, 9.17) is 4.98 Å². The molecule has 0 radical (unpaired) electrons. The van der Waals surface area contributed by atoms with Crippen LogP contribution in [0.4, 0.5) is 0 Å². The van der Waals surface area contributed by atoms with E-state index in [9.17, 15) is 4.79 Å². The van der Waals surface area contributed by atoms with E-state index < -0.39 is 0 Å². The summed E-state index contributed by atoms with van der Waals surface area (Å²) in [6, 6.07) is 8.71. The van der Waals surface area contributed by atoms with Crippen LogP contribution in [-0.4, -0.2) is 63.4 Å². The van der Waals surface area contributed by atoms with Crippen molar-refractivity contribution in [1.29, 1.82) is 0 Å². The molecule has 1 amide bonds. The first-order valence-electron chi connectivity index (χ1n) is 8.74. The van der Waals surface area contributed by atoms with Crippen molar-refractivity contribution in [2.75, 3.05) is 31.6 Å². The summed E-state index contributed by atoms with van der Waals surface area (Å²) in [6.07, 6.45) is 3.24. The smallest absolute Gasteiger partial charge is 0.237 e. The molecule has 0 bridgehead atoms. The number of rotatable bonds is 4. The van der Waals surface area contributed by atoms with E-state index in [1.807, 2.05) is 40.9 Å². The predicted molar refractivity (Wildman–Crippen MR) is 98.1 cm³/mol. The van der Waals surface area contributed by atoms with Crippen molar-refractivity contribution in [3.05, 3.63) is 30.1 Å². The van der Waals surface area contributed by atoms with Crippen molar-refractivity contribution in [3.63, 3.8) is 0 Å². The zero-order valence-electron chi connectivity index (χ0n) is 14.1. The Balaban J connectivity index is 1.48. The van der Waals surface area contributed by atoms with Crippen LogP contribution < -0.4 is 0 Å². The second kappa shape index (κ2) is 6.76. The Morgan fingerprint density at radius 1 is 1.42 bits per heavy atom. The number of hydrogen-bond donors (Lipinski definition) is 1. The summed E-state index contributed by atoms with van der Waals surface area (Å²) in [4.78, 5) is 25.2. The van der Waals surface area contributed by atoms with Gasteiger partial charge in [-0.2, -0.15) is 11.8 Å². The van der Waals surface area contributed by atoms with E-state index in [1.54, 1.807) is 0 Å². The minimum atomic E-state index is 0.0938. The minimum Gasteiger partial charge on any atom is -0.340 e. The van der Waals surface area contributed by atoms with Crippen LogP contribution in [0.5, 0.6) is 0 Å². The molecule has 0 unspecified atom stereocenters. The van der Waals surface area contributed by atoms with Gasteiger partial charge in [0.05, 0.1) is 23.6 Å². The molecule has 3 heterocycles. The predicted octanol–water partition coefficient (Wildman–Crippen LogP) is 2.66. The molecule has 2 aliphatic heterocycles. The lowest BCUT2D eigenvalue weighted by Gasteiger charge is -2.28. The Morgan fingerprint density at radius 2 is 2.29 bits per heavy atom. The van der Waals surface area contributed by atoms with Crippen LogP contribution in [0.3, 0.4) is 0 Å². The second-order valence-electron chi connectivity index (χ2n) is 6.82. The van der Waals surface area contributed by atoms with Gasteiger partial charge >= 0.3 is 0 Å². The quantitative estimate of drug-likeness (QED) is 0.926. The van der Waals surface area contributed by atoms with Crippen LogP contribution in [0.1, 0.15) is 31.1 Å². The van der Waals surface area contributed by atoms with Crippen molar-refractivity contribution in [2.24, 2.45) is 0 Å². The number of carbonyl (C=O) groups excluding carboxylic acids is 1. The van der Waals surface area contributed by atoms with E-state index in [0.29, 0.717) is 12.6 Å². The van der Waals surface area contributed by atoms with Gasteiger partial charge in [0.1, 0.15) is 5.82 Å². The van der Waals surface area contributed by atoms with Gasteiger partial charge < -0.3 is 9.88 Å². The molecule has 6 heteroatoms. The third-order valence-corrected chi connectivity index (χ3v) is 6.35. The molecule has 1 aromatic carbocycles. The van der Waals surface area contributed by atoms with Crippen LogP contribution in [0.15, 0.2) is 24.3 Å². The second-order valence-corrected chi connectivity index (χ2v) is 7.97. The molecule has 24 heavy (non-hydrogen) atoms. The molecule has 0 aliphatic carbocycles. The number of carbonyl (C=O) groups is 1. The van der Waals surface area contributed by atoms with Gasteiger partial charge in [-0.1, -0.05) is 12.1 Å². The fourth-order valence-corrected chi connectivity index (χ4v) is 5.08. The fourth-order valence-electron chi connectivity index (χ4n) is 3.78. The molecule has 0 spiro atoms. The number of thioether (sulfide) groups is 1. The molecule has 2 aromatic rings. The number of H-pyrrole nitrogens is 1. The van der Waals surface area contributed by atoms with Gasteiger partial charge in [-0.05, 0) is 44.2 Å². The van der Waals surface area contributed by atoms with E-state index >= 15 is 0 Å². The zero-order chi connectivity index (χ0) is 16.5. The summed E-state index contributed by atoms with van der Waals surface area (Å²) in [6.45, 7) is 1.36. The molecule has 5 nitrogen and oxygen atoms in total. The van der Waals surface area contributed by atoms with E-state index in [0.717, 1.165) is 42.0 Å². The first-order chi connectivity index (χ1) is 11.7. The zero-order valence-corrected chi connectivity index (χ0v) is 14.9. The SMILES string of the molecule is CN(CC(=O)N1CCC[C@H]1c1nc2ccccc2[nH]1)[C@H]1CCSC1. The monoisotopic (exact) mass is 344 g/mol. The normalized spacial score (nSPS) is 24.3. The summed E-state index contributed by atoms with van der Waals surface area (Å²) in [5, 5.41) is 0. The highest BCUT2D eigenvalue weighted by atomic mass is 32.2. The Bertz CT molecular complexity index is 692. The molecular weight excluding hydrogens is 320 g/mol. The lowest BCUT2D eigenvalue weighted by molar-refractivity contribution is -0.133.